The second-order valence-corrected chi connectivity index (χ2v) is 7.43. The van der Waals surface area contributed by atoms with E-state index in [2.05, 4.69) is 41.3 Å². The van der Waals surface area contributed by atoms with Crippen molar-refractivity contribution < 1.29 is 22.4 Å². The number of aryl methyl sites for hydroxylation is 1. The first-order valence-corrected chi connectivity index (χ1v) is 10.4. The Bertz CT molecular complexity index is 1400. The minimum absolute atomic E-state index is 0.290. The Labute approximate surface area is 201 Å². The molecule has 2 aromatic carbocycles. The fraction of sp³-hybridized carbons (Fsp3) is 0.136. The maximum atomic E-state index is 14.0. The van der Waals surface area contributed by atoms with Gasteiger partial charge in [0, 0.05) is 24.5 Å². The molecular formula is C22H19F4N9O. The lowest BCUT2D eigenvalue weighted by molar-refractivity contribution is -0.137. The molecule has 10 nitrogen and oxygen atoms in total. The Hall–Kier alpha value is -4.75. The first-order valence-electron chi connectivity index (χ1n) is 10.4. The van der Waals surface area contributed by atoms with Gasteiger partial charge in [0.25, 0.3) is 0 Å². The molecule has 0 saturated heterocycles. The zero-order valence-electron chi connectivity index (χ0n) is 18.9. The summed E-state index contributed by atoms with van der Waals surface area (Å²) in [5.41, 5.74) is -0.0610. The highest BCUT2D eigenvalue weighted by Gasteiger charge is 2.31. The van der Waals surface area contributed by atoms with E-state index < -0.39 is 29.3 Å². The number of halogens is 4. The number of nitrogens with zero attached hydrogens (tertiary/aromatic N) is 5. The summed E-state index contributed by atoms with van der Waals surface area (Å²) in [6, 6.07) is 7.36. The second-order valence-electron chi connectivity index (χ2n) is 7.43. The average molecular weight is 501 g/mol. The van der Waals surface area contributed by atoms with E-state index in [1.165, 1.54) is 17.3 Å². The Morgan fingerprint density at radius 2 is 1.75 bits per heavy atom. The molecule has 0 aliphatic carbocycles. The lowest BCUT2D eigenvalue weighted by atomic mass is 10.1. The van der Waals surface area contributed by atoms with Crippen LogP contribution >= 0.6 is 0 Å². The third kappa shape index (κ3) is 5.48. The summed E-state index contributed by atoms with van der Waals surface area (Å²) < 4.78 is 54.2. The van der Waals surface area contributed by atoms with Gasteiger partial charge in [0.05, 0.1) is 11.3 Å². The fourth-order valence-electron chi connectivity index (χ4n) is 3.13. The number of alkyl halides is 3. The number of aromatic nitrogens is 5. The van der Waals surface area contributed by atoms with Crippen LogP contribution in [-0.2, 0) is 6.18 Å². The van der Waals surface area contributed by atoms with Crippen LogP contribution in [0.3, 0.4) is 0 Å². The maximum absolute atomic E-state index is 14.0. The van der Waals surface area contributed by atoms with Crippen molar-refractivity contribution in [2.75, 3.05) is 28.3 Å². The predicted octanol–water partition coefficient (Wildman–Crippen LogP) is 4.95. The van der Waals surface area contributed by atoms with Crippen LogP contribution in [0, 0.1) is 12.7 Å². The van der Waals surface area contributed by atoms with Crippen molar-refractivity contribution in [1.29, 1.82) is 0 Å². The zero-order valence-corrected chi connectivity index (χ0v) is 18.9. The molecule has 0 aliphatic rings. The molecule has 0 atom stereocenters. The molecule has 2 amide bonds. The number of nitrogens with one attached hydrogen (secondary N) is 4. The van der Waals surface area contributed by atoms with Crippen molar-refractivity contribution in [1.82, 2.24) is 24.7 Å². The number of benzene rings is 2. The van der Waals surface area contributed by atoms with E-state index in [0.717, 1.165) is 5.56 Å². The van der Waals surface area contributed by atoms with Crippen LogP contribution in [-0.4, -0.2) is 37.8 Å². The normalized spacial score (nSPS) is 11.2. The largest absolute Gasteiger partial charge is 0.416 e. The summed E-state index contributed by atoms with van der Waals surface area (Å²) in [4.78, 5) is 24.8. The van der Waals surface area contributed by atoms with Crippen LogP contribution < -0.4 is 21.3 Å². The Morgan fingerprint density at radius 1 is 0.944 bits per heavy atom. The van der Waals surface area contributed by atoms with Gasteiger partial charge >= 0.3 is 12.2 Å². The number of carbonyl (C=O) groups is 1. The van der Waals surface area contributed by atoms with Crippen molar-refractivity contribution in [3.8, 4) is 5.82 Å². The van der Waals surface area contributed by atoms with Crippen molar-refractivity contribution in [3.63, 3.8) is 0 Å². The first-order chi connectivity index (χ1) is 17.1. The van der Waals surface area contributed by atoms with Gasteiger partial charge in [-0.15, -0.1) is 0 Å². The molecule has 14 heteroatoms. The highest BCUT2D eigenvalue weighted by atomic mass is 19.4. The third-order valence-corrected chi connectivity index (χ3v) is 4.96. The third-order valence-electron chi connectivity index (χ3n) is 4.96. The van der Waals surface area contributed by atoms with E-state index in [9.17, 15) is 22.4 Å². The van der Waals surface area contributed by atoms with E-state index in [1.807, 2.05) is 6.92 Å². The molecule has 0 unspecified atom stereocenters. The molecule has 4 aromatic rings. The lowest BCUT2D eigenvalue weighted by Gasteiger charge is -2.14. The van der Waals surface area contributed by atoms with Gasteiger partial charge in [-0.2, -0.15) is 27.9 Å². The molecule has 36 heavy (non-hydrogen) atoms. The molecule has 4 N–H and O–H groups in total. The smallest absolute Gasteiger partial charge is 0.373 e. The number of carbonyl (C=O) groups excluding carboxylic acids is 1. The van der Waals surface area contributed by atoms with Gasteiger partial charge in [-0.05, 0) is 42.8 Å². The topological polar surface area (TPSA) is 122 Å². The number of hydrogen-bond donors (Lipinski definition) is 4. The molecule has 186 valence electrons. The first kappa shape index (κ1) is 24.4. The predicted molar refractivity (Wildman–Crippen MR) is 125 cm³/mol. The summed E-state index contributed by atoms with van der Waals surface area (Å²) in [5.74, 6) is 0.345. The Morgan fingerprint density at radius 3 is 2.50 bits per heavy atom. The Balaban J connectivity index is 1.51. The fourth-order valence-corrected chi connectivity index (χ4v) is 3.13. The second kappa shape index (κ2) is 9.85. The summed E-state index contributed by atoms with van der Waals surface area (Å²) in [6.07, 6.45) is -1.98. The van der Waals surface area contributed by atoms with E-state index in [-0.39, 0.29) is 0 Å². The van der Waals surface area contributed by atoms with E-state index in [4.69, 9.17) is 0 Å². The molecule has 2 heterocycles. The van der Waals surface area contributed by atoms with Crippen LogP contribution in [0.4, 0.5) is 51.2 Å². The SMILES string of the molecule is CNc1cc(-n2ncnc2Nc2cc(NC(=O)Nc3cc(C(F)(F)F)ccc3F)ccc2C)ncn1. The van der Waals surface area contributed by atoms with Gasteiger partial charge < -0.3 is 21.3 Å². The summed E-state index contributed by atoms with van der Waals surface area (Å²) >= 11 is 0. The van der Waals surface area contributed by atoms with Gasteiger partial charge in [0.2, 0.25) is 5.95 Å². The molecule has 0 radical (unpaired) electrons. The monoisotopic (exact) mass is 501 g/mol. The average Bonchev–Trinajstić information content (AvgIpc) is 3.30. The molecule has 0 spiro atoms. The molecule has 0 saturated carbocycles. The van der Waals surface area contributed by atoms with Gasteiger partial charge in [0.15, 0.2) is 5.82 Å². The van der Waals surface area contributed by atoms with Gasteiger partial charge in [-0.3, -0.25) is 0 Å². The van der Waals surface area contributed by atoms with Gasteiger partial charge in [0.1, 0.15) is 24.3 Å². The van der Waals surface area contributed by atoms with E-state index in [1.54, 1.807) is 31.3 Å². The van der Waals surface area contributed by atoms with Crippen molar-refractivity contribution in [2.24, 2.45) is 0 Å². The van der Waals surface area contributed by atoms with E-state index in [0.29, 0.717) is 47.2 Å². The number of rotatable bonds is 6. The zero-order chi connectivity index (χ0) is 25.9. The van der Waals surface area contributed by atoms with Gasteiger partial charge in [-0.1, -0.05) is 6.07 Å². The molecule has 0 aliphatic heterocycles. The Kier molecular flexibility index (Phi) is 6.67. The molecule has 0 bridgehead atoms. The van der Waals surface area contributed by atoms with Crippen LogP contribution in [0.25, 0.3) is 5.82 Å². The minimum Gasteiger partial charge on any atom is -0.373 e. The van der Waals surface area contributed by atoms with Gasteiger partial charge in [-0.25, -0.2) is 19.2 Å². The van der Waals surface area contributed by atoms with Crippen LogP contribution in [0.5, 0.6) is 0 Å². The van der Waals surface area contributed by atoms with Crippen LogP contribution in [0.15, 0.2) is 55.1 Å². The van der Waals surface area contributed by atoms with Crippen LogP contribution in [0.1, 0.15) is 11.1 Å². The summed E-state index contributed by atoms with van der Waals surface area (Å²) in [5, 5.41) is 14.8. The summed E-state index contributed by atoms with van der Waals surface area (Å²) in [6.45, 7) is 1.81. The van der Waals surface area contributed by atoms with Crippen molar-refractivity contribution in [2.45, 2.75) is 13.1 Å². The van der Waals surface area contributed by atoms with Crippen molar-refractivity contribution in [3.05, 3.63) is 72.1 Å². The number of urea groups is 1. The van der Waals surface area contributed by atoms with Crippen LogP contribution in [0.2, 0.25) is 0 Å². The highest BCUT2D eigenvalue weighted by Crippen LogP contribution is 2.32. The lowest BCUT2D eigenvalue weighted by Crippen LogP contribution is -2.20. The highest BCUT2D eigenvalue weighted by molar-refractivity contribution is 6.00. The molecule has 4 rings (SSSR count). The number of hydrogen-bond acceptors (Lipinski definition) is 7. The molecule has 0 fully saturated rings. The number of anilines is 5. The van der Waals surface area contributed by atoms with E-state index >= 15 is 0 Å². The summed E-state index contributed by atoms with van der Waals surface area (Å²) in [7, 11) is 1.71. The molecular weight excluding hydrogens is 482 g/mol. The minimum atomic E-state index is -4.68. The number of amides is 2. The quantitative estimate of drug-likeness (QED) is 0.276. The molecule has 2 aromatic heterocycles. The standard InChI is InChI=1S/C22H19F4N9O/c1-12-3-5-14(32-21(36)34-17-7-13(22(24,25)26)4-6-15(17)23)8-16(12)33-20-30-11-31-35(20)19-9-18(27-2)28-10-29-19/h3-11H,1-2H3,(H,27,28,29)(H,30,31,33)(H2,32,34,36). The maximum Gasteiger partial charge on any atom is 0.416 e. The van der Waals surface area contributed by atoms with Crippen molar-refractivity contribution >= 4 is 34.9 Å².